The van der Waals surface area contributed by atoms with Crippen LogP contribution >= 0.6 is 0 Å². The van der Waals surface area contributed by atoms with Crippen LogP contribution in [0.25, 0.3) is 22.3 Å². The number of hydrogen-bond donors (Lipinski definition) is 1. The average Bonchev–Trinajstić information content (AvgIpc) is 3.08. The summed E-state index contributed by atoms with van der Waals surface area (Å²) in [4.78, 5) is 9.30. The summed E-state index contributed by atoms with van der Waals surface area (Å²) in [6, 6.07) is 6.50. The summed E-state index contributed by atoms with van der Waals surface area (Å²) < 4.78 is 15.4. The predicted octanol–water partition coefficient (Wildman–Crippen LogP) is 5.67. The van der Waals surface area contributed by atoms with Crippen LogP contribution < -0.4 is 5.32 Å². The number of unbranched alkanes of at least 4 members (excludes halogenated alkanes) is 1. The van der Waals surface area contributed by atoms with E-state index in [1.54, 1.807) is 12.1 Å². The number of anilines is 1. The van der Waals surface area contributed by atoms with Gasteiger partial charge in [-0.05, 0) is 55.4 Å². The van der Waals surface area contributed by atoms with Gasteiger partial charge in [-0.1, -0.05) is 33.1 Å². The zero-order valence-corrected chi connectivity index (χ0v) is 17.4. The maximum Gasteiger partial charge on any atom is 0.224 e. The van der Waals surface area contributed by atoms with E-state index in [1.807, 2.05) is 10.9 Å². The summed E-state index contributed by atoms with van der Waals surface area (Å²) in [6.07, 6.45) is 9.11. The standard InChI is InChI=1S/C23H30FN5/c1-3-4-13-25-23-26-14-20-21(18-9-11-19(24)12-10-18)28-29(22(20)27-23)15-17-7-5-16(2)6-8-17/h9-12,14,16-17H,3-8,13,15H2,1-2H3,(H,25,26,27)/t16-,17-. The van der Waals surface area contributed by atoms with Crippen molar-refractivity contribution in [3.8, 4) is 11.3 Å². The van der Waals surface area contributed by atoms with Crippen molar-refractivity contribution in [1.82, 2.24) is 19.7 Å². The smallest absolute Gasteiger partial charge is 0.224 e. The Bertz CT molecular complexity index is 942. The zero-order valence-electron chi connectivity index (χ0n) is 17.4. The van der Waals surface area contributed by atoms with E-state index in [2.05, 4.69) is 24.1 Å². The molecule has 1 N–H and O–H groups in total. The van der Waals surface area contributed by atoms with Gasteiger partial charge in [-0.15, -0.1) is 0 Å². The van der Waals surface area contributed by atoms with E-state index in [-0.39, 0.29) is 5.82 Å². The first-order valence-electron chi connectivity index (χ1n) is 10.9. The maximum absolute atomic E-state index is 13.4. The molecule has 6 heteroatoms. The van der Waals surface area contributed by atoms with Crippen molar-refractivity contribution in [3.05, 3.63) is 36.3 Å². The molecule has 3 aromatic rings. The van der Waals surface area contributed by atoms with Crippen molar-refractivity contribution >= 4 is 17.0 Å². The molecule has 0 amide bonds. The van der Waals surface area contributed by atoms with E-state index in [9.17, 15) is 4.39 Å². The van der Waals surface area contributed by atoms with Crippen LogP contribution in [-0.4, -0.2) is 26.3 Å². The molecule has 1 aliphatic rings. The zero-order chi connectivity index (χ0) is 20.2. The van der Waals surface area contributed by atoms with Gasteiger partial charge in [-0.2, -0.15) is 10.1 Å². The van der Waals surface area contributed by atoms with E-state index < -0.39 is 0 Å². The van der Waals surface area contributed by atoms with Gasteiger partial charge in [0.25, 0.3) is 0 Å². The number of halogens is 1. The normalized spacial score (nSPS) is 19.6. The van der Waals surface area contributed by atoms with Crippen LogP contribution in [0.15, 0.2) is 30.5 Å². The Kier molecular flexibility index (Phi) is 6.07. The summed E-state index contributed by atoms with van der Waals surface area (Å²) in [5.41, 5.74) is 2.57. The fourth-order valence-electron chi connectivity index (χ4n) is 4.13. The second-order valence-electron chi connectivity index (χ2n) is 8.37. The summed E-state index contributed by atoms with van der Waals surface area (Å²) in [7, 11) is 0. The highest BCUT2D eigenvalue weighted by atomic mass is 19.1. The monoisotopic (exact) mass is 395 g/mol. The Morgan fingerprint density at radius 1 is 1.14 bits per heavy atom. The van der Waals surface area contributed by atoms with Gasteiger partial charge in [0.2, 0.25) is 5.95 Å². The summed E-state index contributed by atoms with van der Waals surface area (Å²) in [6.45, 7) is 6.24. The van der Waals surface area contributed by atoms with Gasteiger partial charge in [-0.25, -0.2) is 14.1 Å². The van der Waals surface area contributed by atoms with Gasteiger partial charge in [0.15, 0.2) is 5.65 Å². The molecule has 0 bridgehead atoms. The molecule has 0 unspecified atom stereocenters. The molecule has 0 aliphatic heterocycles. The number of aromatic nitrogens is 4. The molecule has 154 valence electrons. The number of hydrogen-bond acceptors (Lipinski definition) is 4. The third-order valence-electron chi connectivity index (χ3n) is 5.99. The first kappa shape index (κ1) is 19.8. The van der Waals surface area contributed by atoms with Crippen LogP contribution in [0.5, 0.6) is 0 Å². The van der Waals surface area contributed by atoms with E-state index in [0.717, 1.165) is 54.1 Å². The van der Waals surface area contributed by atoms with Crippen LogP contribution in [0.4, 0.5) is 10.3 Å². The third-order valence-corrected chi connectivity index (χ3v) is 5.99. The molecular formula is C23H30FN5. The molecule has 0 saturated heterocycles. The van der Waals surface area contributed by atoms with Gasteiger partial charge >= 0.3 is 0 Å². The van der Waals surface area contributed by atoms with Crippen molar-refractivity contribution < 1.29 is 4.39 Å². The van der Waals surface area contributed by atoms with Crippen molar-refractivity contribution in [2.24, 2.45) is 11.8 Å². The Balaban J connectivity index is 1.68. The molecule has 1 fully saturated rings. The molecule has 4 rings (SSSR count). The van der Waals surface area contributed by atoms with Crippen molar-refractivity contribution in [2.45, 2.75) is 58.9 Å². The van der Waals surface area contributed by atoms with Gasteiger partial charge in [0.05, 0.1) is 5.39 Å². The number of benzene rings is 1. The minimum Gasteiger partial charge on any atom is -0.354 e. The van der Waals surface area contributed by atoms with Crippen molar-refractivity contribution in [2.75, 3.05) is 11.9 Å². The lowest BCUT2D eigenvalue weighted by Crippen LogP contribution is -2.18. The quantitative estimate of drug-likeness (QED) is 0.524. The lowest BCUT2D eigenvalue weighted by molar-refractivity contribution is 0.260. The minimum absolute atomic E-state index is 0.243. The minimum atomic E-state index is -0.243. The highest BCUT2D eigenvalue weighted by Gasteiger charge is 2.22. The largest absolute Gasteiger partial charge is 0.354 e. The van der Waals surface area contributed by atoms with Crippen LogP contribution in [0.2, 0.25) is 0 Å². The lowest BCUT2D eigenvalue weighted by atomic mass is 9.83. The first-order chi connectivity index (χ1) is 14.1. The van der Waals surface area contributed by atoms with Gasteiger partial charge < -0.3 is 5.32 Å². The molecule has 29 heavy (non-hydrogen) atoms. The third kappa shape index (κ3) is 4.57. The Morgan fingerprint density at radius 2 is 1.90 bits per heavy atom. The molecule has 5 nitrogen and oxygen atoms in total. The van der Waals surface area contributed by atoms with Gasteiger partial charge in [0, 0.05) is 24.8 Å². The predicted molar refractivity (Wildman–Crippen MR) is 115 cm³/mol. The average molecular weight is 396 g/mol. The highest BCUT2D eigenvalue weighted by molar-refractivity contribution is 5.91. The SMILES string of the molecule is CCCCNc1ncc2c(-c3ccc(F)cc3)nn(C[C@H]3CC[C@H](C)CC3)c2n1. The molecule has 0 atom stereocenters. The van der Waals surface area contributed by atoms with Crippen molar-refractivity contribution in [1.29, 1.82) is 0 Å². The van der Waals surface area contributed by atoms with E-state index in [0.29, 0.717) is 11.9 Å². The molecule has 0 radical (unpaired) electrons. The highest BCUT2D eigenvalue weighted by Crippen LogP contribution is 2.32. The fourth-order valence-corrected chi connectivity index (χ4v) is 4.13. The topological polar surface area (TPSA) is 55.6 Å². The van der Waals surface area contributed by atoms with E-state index in [1.165, 1.54) is 37.8 Å². The summed E-state index contributed by atoms with van der Waals surface area (Å²) in [5.74, 6) is 1.86. The second-order valence-corrected chi connectivity index (χ2v) is 8.37. The lowest BCUT2D eigenvalue weighted by Gasteiger charge is -2.26. The molecular weight excluding hydrogens is 365 g/mol. The van der Waals surface area contributed by atoms with Gasteiger partial charge in [-0.3, -0.25) is 0 Å². The van der Waals surface area contributed by atoms with Crippen LogP contribution in [-0.2, 0) is 6.54 Å². The Labute approximate surface area is 171 Å². The summed E-state index contributed by atoms with van der Waals surface area (Å²) in [5, 5.41) is 9.14. The van der Waals surface area contributed by atoms with Gasteiger partial charge in [0.1, 0.15) is 11.5 Å². The summed E-state index contributed by atoms with van der Waals surface area (Å²) >= 11 is 0. The van der Waals surface area contributed by atoms with Crippen LogP contribution in [0.1, 0.15) is 52.4 Å². The van der Waals surface area contributed by atoms with E-state index >= 15 is 0 Å². The molecule has 0 spiro atoms. The molecule has 2 heterocycles. The number of rotatable bonds is 7. The van der Waals surface area contributed by atoms with Crippen molar-refractivity contribution in [3.63, 3.8) is 0 Å². The van der Waals surface area contributed by atoms with Crippen LogP contribution in [0.3, 0.4) is 0 Å². The Hall–Kier alpha value is -2.50. The maximum atomic E-state index is 13.4. The second kappa shape index (κ2) is 8.89. The first-order valence-corrected chi connectivity index (χ1v) is 10.9. The number of fused-ring (bicyclic) bond motifs is 1. The molecule has 1 saturated carbocycles. The molecule has 1 aromatic carbocycles. The fraction of sp³-hybridized carbons (Fsp3) is 0.522. The number of nitrogens with zero attached hydrogens (tertiary/aromatic N) is 4. The molecule has 2 aromatic heterocycles. The van der Waals surface area contributed by atoms with E-state index in [4.69, 9.17) is 10.1 Å². The van der Waals surface area contributed by atoms with Crippen LogP contribution in [0, 0.1) is 17.7 Å². The molecule has 1 aliphatic carbocycles. The Morgan fingerprint density at radius 3 is 2.62 bits per heavy atom. The number of nitrogens with one attached hydrogen (secondary N) is 1.